The van der Waals surface area contributed by atoms with Crippen molar-refractivity contribution in [1.82, 2.24) is 0 Å². The third-order valence-electron chi connectivity index (χ3n) is 7.07. The summed E-state index contributed by atoms with van der Waals surface area (Å²) in [5.41, 5.74) is 1.69. The average molecular weight is 500 g/mol. The fourth-order valence-electron chi connectivity index (χ4n) is 5.13. The minimum atomic E-state index is -3.84. The summed E-state index contributed by atoms with van der Waals surface area (Å²) in [5, 5.41) is 0. The summed E-state index contributed by atoms with van der Waals surface area (Å²) in [7, 11) is -3.84. The molecule has 1 heterocycles. The lowest BCUT2D eigenvalue weighted by molar-refractivity contribution is -0.159. The van der Waals surface area contributed by atoms with Crippen LogP contribution >= 0.6 is 0 Å². The maximum absolute atomic E-state index is 13.3. The standard InChI is InChI=1S/C27H33NO6S/c1-18(2)23-12-11-19(3)15-25(23)34-26(29)17-33-27(30)21-8-6-9-22(16-21)35(31,32)28-14-13-20-7-4-5-10-24(20)28/h4-10,16,18-19,23,25H,11-15,17H2,1-3H3/t19-,23-,25+/m1/s1. The summed E-state index contributed by atoms with van der Waals surface area (Å²) in [6.45, 7) is 6.25. The van der Waals surface area contributed by atoms with Crippen LogP contribution < -0.4 is 4.31 Å². The fourth-order valence-corrected chi connectivity index (χ4v) is 6.68. The molecule has 2 aromatic carbocycles. The predicted octanol–water partition coefficient (Wildman–Crippen LogP) is 4.60. The number of hydrogen-bond acceptors (Lipinski definition) is 6. The number of hydrogen-bond donors (Lipinski definition) is 0. The first kappa shape index (κ1) is 25.2. The maximum atomic E-state index is 13.3. The Hall–Kier alpha value is -2.87. The number of rotatable bonds is 7. The molecule has 1 aliphatic carbocycles. The number of anilines is 1. The van der Waals surface area contributed by atoms with Gasteiger partial charge in [-0.3, -0.25) is 4.31 Å². The van der Waals surface area contributed by atoms with Gasteiger partial charge < -0.3 is 9.47 Å². The van der Waals surface area contributed by atoms with E-state index in [0.717, 1.165) is 24.8 Å². The molecule has 1 fully saturated rings. The van der Waals surface area contributed by atoms with Gasteiger partial charge in [0.15, 0.2) is 6.61 Å². The van der Waals surface area contributed by atoms with E-state index in [2.05, 4.69) is 20.8 Å². The van der Waals surface area contributed by atoms with Crippen LogP contribution in [0.5, 0.6) is 0 Å². The van der Waals surface area contributed by atoms with E-state index in [1.807, 2.05) is 12.1 Å². The predicted molar refractivity (Wildman–Crippen MR) is 133 cm³/mol. The van der Waals surface area contributed by atoms with E-state index in [9.17, 15) is 18.0 Å². The van der Waals surface area contributed by atoms with Gasteiger partial charge in [-0.15, -0.1) is 0 Å². The molecule has 1 aliphatic heterocycles. The first-order chi connectivity index (χ1) is 16.7. The Bertz CT molecular complexity index is 1190. The van der Waals surface area contributed by atoms with Crippen LogP contribution in [0.15, 0.2) is 53.4 Å². The van der Waals surface area contributed by atoms with Crippen molar-refractivity contribution in [2.45, 2.75) is 57.5 Å². The van der Waals surface area contributed by atoms with Gasteiger partial charge in [0.2, 0.25) is 0 Å². The molecule has 0 N–H and O–H groups in total. The molecule has 1 saturated carbocycles. The number of carbonyl (C=O) groups excluding carboxylic acids is 2. The summed E-state index contributed by atoms with van der Waals surface area (Å²) in [5.74, 6) is -0.171. The van der Waals surface area contributed by atoms with Crippen LogP contribution in [0.4, 0.5) is 5.69 Å². The number of esters is 2. The third kappa shape index (κ3) is 5.53. The second-order valence-electron chi connectivity index (χ2n) is 9.91. The van der Waals surface area contributed by atoms with Crippen LogP contribution in [0, 0.1) is 17.8 Å². The molecule has 0 unspecified atom stereocenters. The number of fused-ring (bicyclic) bond motifs is 1. The Morgan fingerprint density at radius 2 is 1.86 bits per heavy atom. The molecule has 0 aromatic heterocycles. The van der Waals surface area contributed by atoms with Crippen molar-refractivity contribution in [1.29, 1.82) is 0 Å². The zero-order valence-corrected chi connectivity index (χ0v) is 21.3. The van der Waals surface area contributed by atoms with Crippen LogP contribution in [0.3, 0.4) is 0 Å². The molecule has 2 aromatic rings. The SMILES string of the molecule is CC(C)[C@H]1CC[C@@H](C)C[C@@H]1OC(=O)COC(=O)c1cccc(S(=O)(=O)N2CCc3ccccc32)c1. The van der Waals surface area contributed by atoms with Crippen molar-refractivity contribution in [3.8, 4) is 0 Å². The Kier molecular flexibility index (Phi) is 7.50. The molecule has 0 amide bonds. The Labute approximate surface area is 207 Å². The zero-order chi connectivity index (χ0) is 25.2. The summed E-state index contributed by atoms with van der Waals surface area (Å²) < 4.78 is 38.8. The smallest absolute Gasteiger partial charge is 0.344 e. The van der Waals surface area contributed by atoms with E-state index in [4.69, 9.17) is 9.47 Å². The van der Waals surface area contributed by atoms with Gasteiger partial charge in [0.05, 0.1) is 16.1 Å². The van der Waals surface area contributed by atoms with Crippen LogP contribution in [0.1, 0.15) is 56.0 Å². The van der Waals surface area contributed by atoms with Crippen molar-refractivity contribution >= 4 is 27.6 Å². The number of nitrogens with zero attached hydrogens (tertiary/aromatic N) is 1. The van der Waals surface area contributed by atoms with Crippen molar-refractivity contribution in [3.05, 3.63) is 59.7 Å². The van der Waals surface area contributed by atoms with Crippen LogP contribution in [0.2, 0.25) is 0 Å². The second kappa shape index (κ2) is 10.4. The quantitative estimate of drug-likeness (QED) is 0.517. The molecule has 3 atom stereocenters. The summed E-state index contributed by atoms with van der Waals surface area (Å²) in [6.07, 6.45) is 3.40. The number of sulfonamides is 1. The highest BCUT2D eigenvalue weighted by molar-refractivity contribution is 7.92. The lowest BCUT2D eigenvalue weighted by Gasteiger charge is -2.36. The summed E-state index contributed by atoms with van der Waals surface area (Å²) >= 11 is 0. The van der Waals surface area contributed by atoms with Gasteiger partial charge in [0, 0.05) is 6.54 Å². The molecule has 188 valence electrons. The molecule has 35 heavy (non-hydrogen) atoms. The number of ether oxygens (including phenoxy) is 2. The number of benzene rings is 2. The van der Waals surface area contributed by atoms with E-state index in [1.54, 1.807) is 12.1 Å². The van der Waals surface area contributed by atoms with Crippen LogP contribution in [-0.2, 0) is 30.7 Å². The molecule has 4 rings (SSSR count). The van der Waals surface area contributed by atoms with Crippen molar-refractivity contribution < 1.29 is 27.5 Å². The largest absolute Gasteiger partial charge is 0.460 e. The van der Waals surface area contributed by atoms with Gasteiger partial charge in [0.25, 0.3) is 10.0 Å². The number of para-hydroxylation sites is 1. The zero-order valence-electron chi connectivity index (χ0n) is 20.5. The molecular formula is C27H33NO6S. The second-order valence-corrected chi connectivity index (χ2v) is 11.8. The average Bonchev–Trinajstić information content (AvgIpc) is 3.27. The van der Waals surface area contributed by atoms with Gasteiger partial charge in [0.1, 0.15) is 6.10 Å². The minimum Gasteiger partial charge on any atom is -0.460 e. The van der Waals surface area contributed by atoms with Crippen molar-refractivity contribution in [2.75, 3.05) is 17.5 Å². The lowest BCUT2D eigenvalue weighted by atomic mass is 9.75. The highest BCUT2D eigenvalue weighted by Gasteiger charge is 2.34. The van der Waals surface area contributed by atoms with Crippen LogP contribution in [-0.4, -0.2) is 39.6 Å². The highest BCUT2D eigenvalue weighted by atomic mass is 32.2. The van der Waals surface area contributed by atoms with Gasteiger partial charge >= 0.3 is 11.9 Å². The lowest BCUT2D eigenvalue weighted by Crippen LogP contribution is -2.36. The summed E-state index contributed by atoms with van der Waals surface area (Å²) in [4.78, 5) is 25.1. The molecule has 0 saturated heterocycles. The molecule has 8 heteroatoms. The Balaban J connectivity index is 1.40. The molecular weight excluding hydrogens is 466 g/mol. The number of carbonyl (C=O) groups is 2. The molecule has 0 spiro atoms. The fraction of sp³-hybridized carbons (Fsp3) is 0.481. The topological polar surface area (TPSA) is 90.0 Å². The first-order valence-electron chi connectivity index (χ1n) is 12.2. The Morgan fingerprint density at radius 1 is 1.09 bits per heavy atom. The van der Waals surface area contributed by atoms with Gasteiger partial charge in [-0.05, 0) is 66.8 Å². The van der Waals surface area contributed by atoms with Gasteiger partial charge in [-0.2, -0.15) is 0 Å². The van der Waals surface area contributed by atoms with Crippen molar-refractivity contribution in [2.24, 2.45) is 17.8 Å². The highest BCUT2D eigenvalue weighted by Crippen LogP contribution is 2.35. The molecule has 2 aliphatic rings. The van der Waals surface area contributed by atoms with Gasteiger partial charge in [-0.25, -0.2) is 18.0 Å². The third-order valence-corrected chi connectivity index (χ3v) is 8.88. The monoisotopic (exact) mass is 499 g/mol. The van der Waals surface area contributed by atoms with Crippen molar-refractivity contribution in [3.63, 3.8) is 0 Å². The van der Waals surface area contributed by atoms with E-state index >= 15 is 0 Å². The molecule has 0 radical (unpaired) electrons. The van der Waals surface area contributed by atoms with E-state index in [1.165, 1.54) is 28.6 Å². The van der Waals surface area contributed by atoms with E-state index < -0.39 is 28.6 Å². The maximum Gasteiger partial charge on any atom is 0.344 e. The molecule has 7 nitrogen and oxygen atoms in total. The van der Waals surface area contributed by atoms with Gasteiger partial charge in [-0.1, -0.05) is 51.5 Å². The molecule has 0 bridgehead atoms. The minimum absolute atomic E-state index is 0.00204. The summed E-state index contributed by atoms with van der Waals surface area (Å²) in [6, 6.07) is 13.1. The first-order valence-corrected chi connectivity index (χ1v) is 13.7. The van der Waals surface area contributed by atoms with E-state index in [-0.39, 0.29) is 16.6 Å². The van der Waals surface area contributed by atoms with Crippen LogP contribution in [0.25, 0.3) is 0 Å². The van der Waals surface area contributed by atoms with E-state index in [0.29, 0.717) is 36.4 Å². The normalized spacial score (nSPS) is 22.1. The Morgan fingerprint density at radius 3 is 2.63 bits per heavy atom.